The highest BCUT2D eigenvalue weighted by Crippen LogP contribution is 2.43. The molecule has 0 radical (unpaired) electrons. The van der Waals surface area contributed by atoms with Gasteiger partial charge in [0.25, 0.3) is 0 Å². The van der Waals surface area contributed by atoms with Gasteiger partial charge in [-0.1, -0.05) is 90.9 Å². The van der Waals surface area contributed by atoms with Crippen LogP contribution in [0, 0.1) is 0 Å². The highest BCUT2D eigenvalue weighted by molar-refractivity contribution is 7.47. The van der Waals surface area contributed by atoms with E-state index in [9.17, 15) is 24.2 Å². The third-order valence-corrected chi connectivity index (χ3v) is 6.68. The smallest absolute Gasteiger partial charge is 0.462 e. The molecule has 0 bridgehead atoms. The second-order valence-corrected chi connectivity index (χ2v) is 10.9. The molecule has 220 valence electrons. The van der Waals surface area contributed by atoms with Crippen molar-refractivity contribution in [1.82, 2.24) is 0 Å². The van der Waals surface area contributed by atoms with Crippen LogP contribution >= 0.6 is 7.82 Å². The minimum absolute atomic E-state index is 0.138. The van der Waals surface area contributed by atoms with Gasteiger partial charge in [0.2, 0.25) is 0 Å². The van der Waals surface area contributed by atoms with Gasteiger partial charge in [-0.25, -0.2) is 4.57 Å². The molecule has 3 atom stereocenters. The van der Waals surface area contributed by atoms with Crippen molar-refractivity contribution in [3.63, 3.8) is 0 Å². The van der Waals surface area contributed by atoms with Crippen LogP contribution in [0.15, 0.2) is 0 Å². The number of phosphoric acid groups is 1. The standard InChI is InChI=1S/C26H51O10P/c1-3-5-6-7-8-9-10-11-12-13-14-15-16-18-25(29)33-21-24(36-26(30)17-4-2)22-35-37(31,32)34-20-23(28)19-27/h23-24,27-28H,3-22H2,1-2H3,(H,31,32)/t23-,24+/m1/s1. The van der Waals surface area contributed by atoms with E-state index in [0.717, 1.165) is 19.3 Å². The number of esters is 2. The summed E-state index contributed by atoms with van der Waals surface area (Å²) >= 11 is 0. The van der Waals surface area contributed by atoms with E-state index in [4.69, 9.17) is 19.1 Å². The summed E-state index contributed by atoms with van der Waals surface area (Å²) in [5.41, 5.74) is 0. The maximum absolute atomic E-state index is 12.1. The second kappa shape index (κ2) is 24.0. The highest BCUT2D eigenvalue weighted by atomic mass is 31.2. The molecule has 0 rings (SSSR count). The van der Waals surface area contributed by atoms with Crippen molar-refractivity contribution < 1.29 is 47.8 Å². The van der Waals surface area contributed by atoms with Crippen LogP contribution < -0.4 is 0 Å². The number of carbonyl (C=O) groups is 2. The Bertz CT molecular complexity index is 616. The molecule has 0 spiro atoms. The number of phosphoric ester groups is 1. The summed E-state index contributed by atoms with van der Waals surface area (Å²) in [5.74, 6) is -0.984. The lowest BCUT2D eigenvalue weighted by atomic mass is 10.0. The van der Waals surface area contributed by atoms with Gasteiger partial charge in [0.05, 0.1) is 19.8 Å². The third kappa shape index (κ3) is 23.8. The van der Waals surface area contributed by atoms with Gasteiger partial charge < -0.3 is 24.6 Å². The fourth-order valence-corrected chi connectivity index (χ4v) is 4.35. The van der Waals surface area contributed by atoms with Gasteiger partial charge in [0.15, 0.2) is 6.10 Å². The molecular weight excluding hydrogens is 503 g/mol. The molecule has 3 N–H and O–H groups in total. The van der Waals surface area contributed by atoms with Crippen molar-refractivity contribution in [3.8, 4) is 0 Å². The number of ether oxygens (including phenoxy) is 2. The highest BCUT2D eigenvalue weighted by Gasteiger charge is 2.27. The molecule has 1 unspecified atom stereocenters. The van der Waals surface area contributed by atoms with Crippen molar-refractivity contribution >= 4 is 19.8 Å². The molecule has 0 amide bonds. The first-order valence-corrected chi connectivity index (χ1v) is 15.5. The number of hydrogen-bond donors (Lipinski definition) is 3. The van der Waals surface area contributed by atoms with Crippen LogP contribution in [-0.2, 0) is 32.7 Å². The van der Waals surface area contributed by atoms with Crippen molar-refractivity contribution in [2.45, 2.75) is 129 Å². The number of unbranched alkanes of at least 4 members (excludes halogenated alkanes) is 12. The summed E-state index contributed by atoms with van der Waals surface area (Å²) < 4.78 is 31.7. The number of carbonyl (C=O) groups excluding carboxylic acids is 2. The Morgan fingerprint density at radius 2 is 1.22 bits per heavy atom. The molecule has 0 aromatic rings. The Labute approximate surface area is 223 Å². The van der Waals surface area contributed by atoms with Gasteiger partial charge in [-0.3, -0.25) is 18.6 Å². The third-order valence-electron chi connectivity index (χ3n) is 5.73. The van der Waals surface area contributed by atoms with E-state index in [0.29, 0.717) is 12.8 Å². The molecule has 0 aromatic carbocycles. The average Bonchev–Trinajstić information content (AvgIpc) is 2.87. The van der Waals surface area contributed by atoms with E-state index in [2.05, 4.69) is 11.4 Å². The Morgan fingerprint density at radius 3 is 1.73 bits per heavy atom. The van der Waals surface area contributed by atoms with Gasteiger partial charge in [0, 0.05) is 12.8 Å². The Hall–Kier alpha value is -1.03. The van der Waals surface area contributed by atoms with Gasteiger partial charge in [-0.15, -0.1) is 0 Å². The molecule has 0 heterocycles. The molecule has 0 aliphatic rings. The zero-order valence-electron chi connectivity index (χ0n) is 22.9. The molecular formula is C26H51O10P. The number of rotatable bonds is 26. The Balaban J connectivity index is 4.10. The molecule has 0 aliphatic carbocycles. The molecule has 0 saturated carbocycles. The topological polar surface area (TPSA) is 149 Å². The van der Waals surface area contributed by atoms with E-state index >= 15 is 0 Å². The predicted molar refractivity (Wildman–Crippen MR) is 141 cm³/mol. The van der Waals surface area contributed by atoms with E-state index in [1.807, 2.05) is 0 Å². The molecule has 11 heteroatoms. The minimum Gasteiger partial charge on any atom is -0.462 e. The normalized spacial score (nSPS) is 14.6. The predicted octanol–water partition coefficient (Wildman–Crippen LogP) is 5.21. The summed E-state index contributed by atoms with van der Waals surface area (Å²) in [4.78, 5) is 33.6. The van der Waals surface area contributed by atoms with Crippen LogP contribution in [0.1, 0.15) is 117 Å². The van der Waals surface area contributed by atoms with Gasteiger partial charge >= 0.3 is 19.8 Å². The van der Waals surface area contributed by atoms with Crippen molar-refractivity contribution in [2.24, 2.45) is 0 Å². The first-order chi connectivity index (χ1) is 17.7. The quantitative estimate of drug-likeness (QED) is 0.0739. The molecule has 37 heavy (non-hydrogen) atoms. The number of aliphatic hydroxyl groups is 2. The van der Waals surface area contributed by atoms with Gasteiger partial charge in [-0.2, -0.15) is 0 Å². The van der Waals surface area contributed by atoms with Crippen molar-refractivity contribution in [1.29, 1.82) is 0 Å². The van der Waals surface area contributed by atoms with Crippen LogP contribution in [-0.4, -0.2) is 65.7 Å². The van der Waals surface area contributed by atoms with E-state index in [-0.39, 0.29) is 19.4 Å². The maximum Gasteiger partial charge on any atom is 0.472 e. The van der Waals surface area contributed by atoms with E-state index in [1.165, 1.54) is 57.8 Å². The second-order valence-electron chi connectivity index (χ2n) is 9.43. The SMILES string of the molecule is CCCCCCCCCCCCCCCC(=O)OC[C@@H](COP(=O)(O)OC[C@H](O)CO)OC(=O)CCC. The zero-order chi connectivity index (χ0) is 27.8. The Kier molecular flexibility index (Phi) is 23.4. The first-order valence-electron chi connectivity index (χ1n) is 14.0. The fraction of sp³-hybridized carbons (Fsp3) is 0.923. The lowest BCUT2D eigenvalue weighted by Gasteiger charge is -2.20. The van der Waals surface area contributed by atoms with Crippen LogP contribution in [0.2, 0.25) is 0 Å². The van der Waals surface area contributed by atoms with Crippen LogP contribution in [0.4, 0.5) is 0 Å². The summed E-state index contributed by atoms with van der Waals surface area (Å²) in [6.45, 7) is 1.92. The Morgan fingerprint density at radius 1 is 0.703 bits per heavy atom. The monoisotopic (exact) mass is 554 g/mol. The van der Waals surface area contributed by atoms with Crippen molar-refractivity contribution in [3.05, 3.63) is 0 Å². The molecule has 0 saturated heterocycles. The molecule has 0 aromatic heterocycles. The lowest BCUT2D eigenvalue weighted by molar-refractivity contribution is -0.161. The average molecular weight is 555 g/mol. The summed E-state index contributed by atoms with van der Waals surface area (Å²) in [6, 6.07) is 0. The van der Waals surface area contributed by atoms with Crippen molar-refractivity contribution in [2.75, 3.05) is 26.4 Å². The lowest BCUT2D eigenvalue weighted by Crippen LogP contribution is -2.29. The first kappa shape index (κ1) is 36.0. The molecule has 0 fully saturated rings. The zero-order valence-corrected chi connectivity index (χ0v) is 23.8. The molecule has 0 aliphatic heterocycles. The summed E-state index contributed by atoms with van der Waals surface area (Å²) in [5, 5.41) is 18.0. The van der Waals surface area contributed by atoms with Crippen LogP contribution in [0.25, 0.3) is 0 Å². The van der Waals surface area contributed by atoms with Gasteiger partial charge in [-0.05, 0) is 12.8 Å². The number of hydrogen-bond acceptors (Lipinski definition) is 9. The fourth-order valence-electron chi connectivity index (χ4n) is 3.56. The number of aliphatic hydroxyl groups excluding tert-OH is 2. The van der Waals surface area contributed by atoms with Crippen LogP contribution in [0.3, 0.4) is 0 Å². The summed E-state index contributed by atoms with van der Waals surface area (Å²) in [6.07, 6.45) is 14.2. The van der Waals surface area contributed by atoms with Crippen LogP contribution in [0.5, 0.6) is 0 Å². The minimum atomic E-state index is -4.57. The van der Waals surface area contributed by atoms with E-state index < -0.39 is 51.8 Å². The van der Waals surface area contributed by atoms with Gasteiger partial charge in [0.1, 0.15) is 12.7 Å². The molecule has 10 nitrogen and oxygen atoms in total. The maximum atomic E-state index is 12.1. The largest absolute Gasteiger partial charge is 0.472 e. The summed E-state index contributed by atoms with van der Waals surface area (Å²) in [7, 11) is -4.57. The van der Waals surface area contributed by atoms with E-state index in [1.54, 1.807) is 6.92 Å².